The van der Waals surface area contributed by atoms with Crippen LogP contribution in [0.1, 0.15) is 45.5 Å². The molecule has 0 saturated heterocycles. The van der Waals surface area contributed by atoms with Crippen LogP contribution in [-0.4, -0.2) is 43.4 Å². The van der Waals surface area contributed by atoms with Crippen molar-refractivity contribution in [1.29, 1.82) is 0 Å². The molecule has 198 valence electrons. The summed E-state index contributed by atoms with van der Waals surface area (Å²) in [5.41, 5.74) is 3.23. The standard InChI is InChI=1S/C31H32F2N2O3/c1-3-21-6-5-9-25(15-21)31(11-12-31)34-20-29(36)28(18-23-16-26(32)19-27(33)17-23)35-30(37)24-8-4-7-22(14-24)10-13-38-2/h1,4-9,14-17,19,28-29,34,36H,10-13,18,20H2,2H3,(H,35,37)/t28-,29+/m1/s1. The lowest BCUT2D eigenvalue weighted by Crippen LogP contribution is -2.50. The number of benzene rings is 3. The van der Waals surface area contributed by atoms with E-state index in [4.69, 9.17) is 11.2 Å². The van der Waals surface area contributed by atoms with Gasteiger partial charge < -0.3 is 20.5 Å². The van der Waals surface area contributed by atoms with Gasteiger partial charge in [0.25, 0.3) is 5.91 Å². The first kappa shape index (κ1) is 27.5. The Morgan fingerprint density at radius 1 is 1.08 bits per heavy atom. The number of ether oxygens (including phenoxy) is 1. The molecule has 1 aliphatic carbocycles. The highest BCUT2D eigenvalue weighted by molar-refractivity contribution is 5.94. The Morgan fingerprint density at radius 3 is 2.50 bits per heavy atom. The fraction of sp³-hybridized carbons (Fsp3) is 0.323. The van der Waals surface area contributed by atoms with E-state index in [9.17, 15) is 18.7 Å². The maximum atomic E-state index is 13.9. The summed E-state index contributed by atoms with van der Waals surface area (Å²) in [4.78, 5) is 13.2. The number of rotatable bonds is 12. The molecule has 0 bridgehead atoms. The summed E-state index contributed by atoms with van der Waals surface area (Å²) < 4.78 is 32.9. The number of hydrogen-bond donors (Lipinski definition) is 3. The molecule has 0 aliphatic heterocycles. The average Bonchev–Trinajstić information content (AvgIpc) is 3.71. The second-order valence-electron chi connectivity index (χ2n) is 9.76. The molecule has 1 fully saturated rings. The molecule has 1 saturated carbocycles. The minimum atomic E-state index is -1.03. The highest BCUT2D eigenvalue weighted by atomic mass is 19.1. The average molecular weight is 519 g/mol. The van der Waals surface area contributed by atoms with Gasteiger partial charge in [-0.05, 0) is 78.8 Å². The van der Waals surface area contributed by atoms with E-state index in [2.05, 4.69) is 16.6 Å². The van der Waals surface area contributed by atoms with Gasteiger partial charge in [-0.25, -0.2) is 8.78 Å². The van der Waals surface area contributed by atoms with Crippen LogP contribution in [0.5, 0.6) is 0 Å². The molecule has 3 N–H and O–H groups in total. The molecule has 0 unspecified atom stereocenters. The zero-order valence-electron chi connectivity index (χ0n) is 21.3. The van der Waals surface area contributed by atoms with Crippen molar-refractivity contribution in [2.75, 3.05) is 20.3 Å². The summed E-state index contributed by atoms with van der Waals surface area (Å²) in [5, 5.41) is 17.5. The molecular weight excluding hydrogens is 486 g/mol. The predicted molar refractivity (Wildman–Crippen MR) is 143 cm³/mol. The van der Waals surface area contributed by atoms with Gasteiger partial charge in [0.2, 0.25) is 0 Å². The number of hydrogen-bond acceptors (Lipinski definition) is 4. The highest BCUT2D eigenvalue weighted by Crippen LogP contribution is 2.45. The highest BCUT2D eigenvalue weighted by Gasteiger charge is 2.44. The van der Waals surface area contributed by atoms with Crippen molar-refractivity contribution >= 4 is 5.91 Å². The fourth-order valence-electron chi connectivity index (χ4n) is 4.65. The lowest BCUT2D eigenvalue weighted by atomic mass is 9.98. The first-order chi connectivity index (χ1) is 18.3. The zero-order valence-corrected chi connectivity index (χ0v) is 21.3. The number of methoxy groups -OCH3 is 1. The van der Waals surface area contributed by atoms with Crippen molar-refractivity contribution in [3.05, 3.63) is 106 Å². The maximum Gasteiger partial charge on any atom is 0.251 e. The summed E-state index contributed by atoms with van der Waals surface area (Å²) in [6.07, 6.45) is 6.99. The first-order valence-electron chi connectivity index (χ1n) is 12.7. The Kier molecular flexibility index (Phi) is 8.90. The van der Waals surface area contributed by atoms with Crippen molar-refractivity contribution in [3.63, 3.8) is 0 Å². The topological polar surface area (TPSA) is 70.6 Å². The third-order valence-electron chi connectivity index (χ3n) is 6.92. The van der Waals surface area contributed by atoms with Gasteiger partial charge in [-0.3, -0.25) is 4.79 Å². The Balaban J connectivity index is 1.50. The first-order valence-corrected chi connectivity index (χ1v) is 12.7. The summed E-state index contributed by atoms with van der Waals surface area (Å²) in [5.74, 6) is 0.837. The van der Waals surface area contributed by atoms with Crippen LogP contribution in [0.3, 0.4) is 0 Å². The van der Waals surface area contributed by atoms with Gasteiger partial charge in [-0.15, -0.1) is 6.42 Å². The lowest BCUT2D eigenvalue weighted by molar-refractivity contribution is 0.0822. The van der Waals surface area contributed by atoms with E-state index in [1.165, 1.54) is 12.1 Å². The molecule has 3 aromatic carbocycles. The van der Waals surface area contributed by atoms with Crippen LogP contribution < -0.4 is 10.6 Å². The van der Waals surface area contributed by atoms with E-state index < -0.39 is 23.8 Å². The largest absolute Gasteiger partial charge is 0.390 e. The number of nitrogens with one attached hydrogen (secondary N) is 2. The van der Waals surface area contributed by atoms with Gasteiger partial charge in [-0.1, -0.05) is 30.2 Å². The number of halogens is 2. The number of carbonyl (C=O) groups is 1. The normalized spacial score (nSPS) is 15.3. The quantitative estimate of drug-likeness (QED) is 0.316. The van der Waals surface area contributed by atoms with Crippen molar-refractivity contribution < 1.29 is 23.4 Å². The minimum absolute atomic E-state index is 0.0478. The Bertz CT molecular complexity index is 1300. The minimum Gasteiger partial charge on any atom is -0.390 e. The van der Waals surface area contributed by atoms with Crippen LogP contribution >= 0.6 is 0 Å². The van der Waals surface area contributed by atoms with Crippen LogP contribution in [0.25, 0.3) is 0 Å². The molecule has 1 amide bonds. The molecule has 3 aromatic rings. The van der Waals surface area contributed by atoms with E-state index in [0.717, 1.165) is 35.6 Å². The van der Waals surface area contributed by atoms with Crippen molar-refractivity contribution in [1.82, 2.24) is 10.6 Å². The van der Waals surface area contributed by atoms with E-state index in [-0.39, 0.29) is 24.4 Å². The number of carbonyl (C=O) groups excluding carboxylic acids is 1. The molecule has 2 atom stereocenters. The van der Waals surface area contributed by atoms with Crippen LogP contribution in [0.4, 0.5) is 8.78 Å². The zero-order chi connectivity index (χ0) is 27.1. The smallest absolute Gasteiger partial charge is 0.251 e. The third kappa shape index (κ3) is 7.05. The number of terminal acetylenes is 1. The summed E-state index contributed by atoms with van der Waals surface area (Å²) >= 11 is 0. The molecule has 5 nitrogen and oxygen atoms in total. The Hall–Kier alpha value is -3.57. The molecule has 38 heavy (non-hydrogen) atoms. The van der Waals surface area contributed by atoms with E-state index in [1.807, 2.05) is 30.3 Å². The molecule has 1 aliphatic rings. The van der Waals surface area contributed by atoms with E-state index in [1.54, 1.807) is 25.3 Å². The Morgan fingerprint density at radius 2 is 1.82 bits per heavy atom. The van der Waals surface area contributed by atoms with Crippen molar-refractivity contribution in [2.45, 2.75) is 43.4 Å². The third-order valence-corrected chi connectivity index (χ3v) is 6.92. The molecule has 4 rings (SSSR count). The monoisotopic (exact) mass is 518 g/mol. The van der Waals surface area contributed by atoms with Gasteiger partial charge >= 0.3 is 0 Å². The summed E-state index contributed by atoms with van der Waals surface area (Å²) in [7, 11) is 1.61. The molecule has 7 heteroatoms. The summed E-state index contributed by atoms with van der Waals surface area (Å²) in [6, 6.07) is 17.3. The molecule has 0 spiro atoms. The van der Waals surface area contributed by atoms with Crippen LogP contribution in [0.2, 0.25) is 0 Å². The van der Waals surface area contributed by atoms with Gasteiger partial charge in [0.15, 0.2) is 0 Å². The predicted octanol–water partition coefficient (Wildman–Crippen LogP) is 4.12. The van der Waals surface area contributed by atoms with Crippen molar-refractivity contribution in [3.8, 4) is 12.3 Å². The lowest BCUT2D eigenvalue weighted by Gasteiger charge is -2.27. The molecule has 0 aromatic heterocycles. The van der Waals surface area contributed by atoms with Gasteiger partial charge in [0.1, 0.15) is 11.6 Å². The van der Waals surface area contributed by atoms with E-state index >= 15 is 0 Å². The molecule has 0 heterocycles. The number of aliphatic hydroxyl groups is 1. The fourth-order valence-corrected chi connectivity index (χ4v) is 4.65. The second-order valence-corrected chi connectivity index (χ2v) is 9.76. The Labute approximate surface area is 222 Å². The van der Waals surface area contributed by atoms with Crippen LogP contribution in [0.15, 0.2) is 66.7 Å². The number of amides is 1. The second kappa shape index (κ2) is 12.3. The molecule has 0 radical (unpaired) electrons. The van der Waals surface area contributed by atoms with E-state index in [0.29, 0.717) is 24.2 Å². The van der Waals surface area contributed by atoms with Gasteiger partial charge in [0, 0.05) is 36.4 Å². The maximum absolute atomic E-state index is 13.9. The SMILES string of the molecule is C#Cc1cccc(C2(NC[C@H](O)[C@@H](Cc3cc(F)cc(F)c3)NC(=O)c3cccc(CCOC)c3)CC2)c1. The van der Waals surface area contributed by atoms with Crippen molar-refractivity contribution in [2.24, 2.45) is 0 Å². The molecular formula is C31H32F2N2O3. The number of aliphatic hydroxyl groups excluding tert-OH is 1. The van der Waals surface area contributed by atoms with Gasteiger partial charge in [0.05, 0.1) is 18.8 Å². The summed E-state index contributed by atoms with van der Waals surface area (Å²) in [6.45, 7) is 0.687. The van der Waals surface area contributed by atoms with Crippen LogP contribution in [0, 0.1) is 24.0 Å². The van der Waals surface area contributed by atoms with Crippen LogP contribution in [-0.2, 0) is 23.1 Å². The van der Waals surface area contributed by atoms with Gasteiger partial charge in [-0.2, -0.15) is 0 Å².